The van der Waals surface area contributed by atoms with Crippen LogP contribution in [0.3, 0.4) is 0 Å². The molecule has 6 heteroatoms. The highest BCUT2D eigenvalue weighted by molar-refractivity contribution is 5.92. The van der Waals surface area contributed by atoms with Gasteiger partial charge in [0.05, 0.1) is 7.47 Å². The van der Waals surface area contributed by atoms with Crippen molar-refractivity contribution < 1.29 is 38.9 Å². The number of hydrogen-bond acceptors (Lipinski definition) is 6. The van der Waals surface area contributed by atoms with Crippen molar-refractivity contribution >= 4 is 11.6 Å². The van der Waals surface area contributed by atoms with E-state index in [1.54, 1.807) is 20.8 Å². The fourth-order valence-corrected chi connectivity index (χ4v) is 6.74. The summed E-state index contributed by atoms with van der Waals surface area (Å²) in [7, 11) is 0. The predicted octanol–water partition coefficient (Wildman–Crippen LogP) is 3.19. The molecule has 0 spiro atoms. The number of ketones is 2. The molecule has 4 rings (SSSR count). The van der Waals surface area contributed by atoms with Crippen molar-refractivity contribution in [2.75, 3.05) is 13.2 Å². The molecule has 1 unspecified atom stereocenters. The molecule has 4 aliphatic rings. The highest BCUT2D eigenvalue weighted by Crippen LogP contribution is 2.67. The van der Waals surface area contributed by atoms with Crippen LogP contribution in [-0.2, 0) is 19.1 Å². The van der Waals surface area contributed by atoms with Crippen molar-refractivity contribution in [1.29, 1.82) is 0 Å². The Hall–Kier alpha value is -1.08. The molecule has 0 aromatic carbocycles. The summed E-state index contributed by atoms with van der Waals surface area (Å²) in [6.45, 7) is 6.38. The number of carbonyl (C=O) groups is 2. The molecule has 0 aliphatic heterocycles. The first kappa shape index (κ1) is 15.7. The second-order valence-electron chi connectivity index (χ2n) is 9.80. The minimum absolute atomic E-state index is 0.0492. The van der Waals surface area contributed by atoms with Crippen LogP contribution >= 0.6 is 0 Å². The molecule has 0 radical (unpaired) electrons. The van der Waals surface area contributed by atoms with Gasteiger partial charge < -0.3 is 19.7 Å². The first-order valence-corrected chi connectivity index (χ1v) is 11.2. The number of hydrogen-bond donors (Lipinski definition) is 2. The van der Waals surface area contributed by atoms with Crippen LogP contribution in [0.1, 0.15) is 82.1 Å². The molecule has 3 fully saturated rings. The fraction of sp³-hybridized carbons (Fsp3) is 0.840. The summed E-state index contributed by atoms with van der Waals surface area (Å²) >= 11 is 0. The molecule has 0 aromatic rings. The molecule has 0 aromatic heterocycles. The average Bonchev–Trinajstić information content (AvgIpc) is 3.06. The summed E-state index contributed by atoms with van der Waals surface area (Å²) in [5.74, 6) is -4.27. The Morgan fingerprint density at radius 2 is 2.10 bits per heavy atom. The van der Waals surface area contributed by atoms with E-state index in [9.17, 15) is 19.8 Å². The zero-order valence-corrected chi connectivity index (χ0v) is 18.7. The molecular weight excluding hydrogens is 396 g/mol. The largest absolute Gasteiger partial charge is 0.393 e. The SMILES string of the molecule is [2H]C1=C2C([2H])([2H])C[C@@H]3[C@H]([C@@H](O)C[C@@]4(C)[C@H]3CC[C@]4(O)C(=O)COC(C)OCC)[C@@]2(C)C([2H])([2H])C([2H])([2H])C1=O. The van der Waals surface area contributed by atoms with Crippen molar-refractivity contribution in [1.82, 2.24) is 0 Å². The normalized spacial score (nSPS) is 53.9. The van der Waals surface area contributed by atoms with Gasteiger partial charge in [-0.2, -0.15) is 0 Å². The van der Waals surface area contributed by atoms with Crippen LogP contribution in [0.2, 0.25) is 0 Å². The maximum Gasteiger partial charge on any atom is 0.190 e. The first-order valence-electron chi connectivity index (χ1n) is 14.7. The Bertz CT molecular complexity index is 1060. The van der Waals surface area contributed by atoms with E-state index in [0.717, 1.165) is 0 Å². The monoisotopic (exact) mass is 441 g/mol. The Balaban J connectivity index is 1.79. The lowest BCUT2D eigenvalue weighted by atomic mass is 9.45. The topological polar surface area (TPSA) is 93.1 Å². The van der Waals surface area contributed by atoms with Gasteiger partial charge >= 0.3 is 0 Å². The molecule has 3 saturated carbocycles. The van der Waals surface area contributed by atoms with Crippen molar-refractivity contribution in [2.45, 2.75) is 90.5 Å². The minimum Gasteiger partial charge on any atom is -0.393 e. The van der Waals surface area contributed by atoms with E-state index >= 15 is 0 Å². The molecule has 4 aliphatic carbocycles. The van der Waals surface area contributed by atoms with Crippen LogP contribution in [0.25, 0.3) is 0 Å². The van der Waals surface area contributed by atoms with E-state index in [-0.39, 0.29) is 19.3 Å². The molecule has 174 valence electrons. The lowest BCUT2D eigenvalue weighted by Gasteiger charge is -2.60. The third-order valence-corrected chi connectivity index (χ3v) is 8.29. The highest BCUT2D eigenvalue weighted by atomic mass is 16.7. The molecule has 0 saturated heterocycles. The average molecular weight is 442 g/mol. The summed E-state index contributed by atoms with van der Waals surface area (Å²) in [5.41, 5.74) is -5.50. The van der Waals surface area contributed by atoms with Gasteiger partial charge in [0.25, 0.3) is 0 Å². The van der Waals surface area contributed by atoms with Crippen LogP contribution in [-0.4, -0.2) is 53.0 Å². The van der Waals surface area contributed by atoms with E-state index in [4.69, 9.17) is 19.1 Å². The second-order valence-corrected chi connectivity index (χ2v) is 9.80. The Morgan fingerprint density at radius 3 is 2.81 bits per heavy atom. The Kier molecular flexibility index (Phi) is 4.08. The van der Waals surface area contributed by atoms with Crippen LogP contribution in [0.15, 0.2) is 11.6 Å². The minimum atomic E-state index is -3.11. The summed E-state index contributed by atoms with van der Waals surface area (Å²) in [4.78, 5) is 26.1. The smallest absolute Gasteiger partial charge is 0.190 e. The zero-order valence-electron chi connectivity index (χ0n) is 25.7. The molecule has 8 atom stereocenters. The Morgan fingerprint density at radius 1 is 1.35 bits per heavy atom. The summed E-state index contributed by atoms with van der Waals surface area (Å²) in [6, 6.07) is -0.879. The van der Waals surface area contributed by atoms with Crippen molar-refractivity contribution in [2.24, 2.45) is 28.6 Å². The maximum absolute atomic E-state index is 13.3. The lowest BCUT2D eigenvalue weighted by Crippen LogP contribution is -2.62. The van der Waals surface area contributed by atoms with Gasteiger partial charge in [0, 0.05) is 26.6 Å². The maximum atomic E-state index is 13.3. The zero-order chi connectivity index (χ0) is 28.9. The van der Waals surface area contributed by atoms with Gasteiger partial charge in [0.1, 0.15) is 12.2 Å². The Labute approximate surface area is 195 Å². The number of allylic oxidation sites excluding steroid dienone is 1. The standard InChI is InChI=1S/C25H38O6/c1-5-30-15(2)31-14-21(28)25(29)11-9-19-18-7-6-16-12-17(26)8-10-23(16,3)22(18)20(27)13-24(19,25)4/h12,15,18-20,22,27,29H,5-11,13-14H2,1-4H3/t15?,18-,19-,20-,22+,23-,24-,25-/m0/s1/i6D2,8D2,10D2,12D. The summed E-state index contributed by atoms with van der Waals surface area (Å²) < 4.78 is 71.1. The number of carbonyl (C=O) groups excluding carboxylic acids is 2. The van der Waals surface area contributed by atoms with E-state index in [1.165, 1.54) is 6.92 Å². The van der Waals surface area contributed by atoms with Gasteiger partial charge in [-0.1, -0.05) is 19.4 Å². The molecule has 0 amide bonds. The highest BCUT2D eigenvalue weighted by Gasteiger charge is 2.68. The number of fused-ring (bicyclic) bond motifs is 5. The number of rotatable bonds is 6. The first-order chi connectivity index (χ1) is 17.3. The summed E-state index contributed by atoms with van der Waals surface area (Å²) in [6.07, 6.45) is -10.4. The van der Waals surface area contributed by atoms with Crippen LogP contribution in [0.4, 0.5) is 0 Å². The number of aliphatic hydroxyl groups is 2. The van der Waals surface area contributed by atoms with E-state index in [1.807, 2.05) is 0 Å². The quantitative estimate of drug-likeness (QED) is 0.615. The molecule has 0 bridgehead atoms. The lowest BCUT2D eigenvalue weighted by molar-refractivity contribution is -0.190. The molecule has 2 N–H and O–H groups in total. The van der Waals surface area contributed by atoms with Gasteiger partial charge in [0.2, 0.25) is 0 Å². The number of Topliss-reactive ketones (excluding diaryl/α,β-unsaturated/α-hetero) is 1. The van der Waals surface area contributed by atoms with Crippen molar-refractivity contribution in [3.8, 4) is 0 Å². The number of ether oxygens (including phenoxy) is 2. The van der Waals surface area contributed by atoms with Crippen molar-refractivity contribution in [3.63, 3.8) is 0 Å². The van der Waals surface area contributed by atoms with Crippen LogP contribution in [0.5, 0.6) is 0 Å². The summed E-state index contributed by atoms with van der Waals surface area (Å²) in [5, 5.41) is 23.4. The predicted molar refractivity (Wildman–Crippen MR) is 115 cm³/mol. The van der Waals surface area contributed by atoms with Gasteiger partial charge in [-0.25, -0.2) is 0 Å². The van der Waals surface area contributed by atoms with Gasteiger partial charge in [-0.05, 0) is 81.5 Å². The molecule has 6 nitrogen and oxygen atoms in total. The molecule has 0 heterocycles. The number of aliphatic hydroxyl groups excluding tert-OH is 1. The molecular formula is C25H38O6. The second kappa shape index (κ2) is 8.05. The van der Waals surface area contributed by atoms with E-state index in [2.05, 4.69) is 0 Å². The van der Waals surface area contributed by atoms with Gasteiger partial charge in [-0.3, -0.25) is 9.59 Å². The van der Waals surface area contributed by atoms with Gasteiger partial charge in [0.15, 0.2) is 17.9 Å². The third-order valence-electron chi connectivity index (χ3n) is 8.29. The van der Waals surface area contributed by atoms with Crippen LogP contribution < -0.4 is 0 Å². The van der Waals surface area contributed by atoms with Crippen LogP contribution in [0, 0.1) is 28.6 Å². The fourth-order valence-electron chi connectivity index (χ4n) is 6.74. The van der Waals surface area contributed by atoms with E-state index < -0.39 is 95.5 Å². The van der Waals surface area contributed by atoms with E-state index in [0.29, 0.717) is 13.0 Å². The van der Waals surface area contributed by atoms with Crippen molar-refractivity contribution in [3.05, 3.63) is 11.6 Å². The third kappa shape index (κ3) is 3.45. The van der Waals surface area contributed by atoms with Gasteiger partial charge in [-0.15, -0.1) is 0 Å². The molecule has 31 heavy (non-hydrogen) atoms.